The van der Waals surface area contributed by atoms with Crippen molar-refractivity contribution in [1.29, 1.82) is 5.26 Å². The lowest BCUT2D eigenvalue weighted by Crippen LogP contribution is -2.33. The van der Waals surface area contributed by atoms with Crippen molar-refractivity contribution in [3.05, 3.63) is 36.2 Å². The number of aliphatic carboxylic acids is 1. The van der Waals surface area contributed by atoms with Crippen LogP contribution in [-0.2, 0) is 14.8 Å². The summed E-state index contributed by atoms with van der Waals surface area (Å²) in [5, 5.41) is 17.7. The van der Waals surface area contributed by atoms with Gasteiger partial charge in [-0.2, -0.15) is 5.26 Å². The largest absolute Gasteiger partial charge is 0.481 e. The molecule has 0 amide bonds. The number of carboxylic acids is 1. The van der Waals surface area contributed by atoms with Crippen LogP contribution in [0.5, 0.6) is 0 Å². The zero-order valence-corrected chi connectivity index (χ0v) is 11.0. The van der Waals surface area contributed by atoms with Crippen LogP contribution in [0.25, 0.3) is 0 Å². The molecule has 1 aromatic rings. The quantitative estimate of drug-likeness (QED) is 0.768. The van der Waals surface area contributed by atoms with E-state index in [1.54, 1.807) is 6.07 Å². The van der Waals surface area contributed by atoms with Gasteiger partial charge in [-0.25, -0.2) is 18.1 Å². The second-order valence-electron chi connectivity index (χ2n) is 4.26. The standard InChI is InChI=1S/C12H11N3O4S/c13-7-10-11(2-1-5-14-10)20(18,19)15-9-4-3-8(6-9)12(16)17/h1-5,8-9,15H,6H2,(H,16,17). The summed E-state index contributed by atoms with van der Waals surface area (Å²) in [6.45, 7) is 0. The number of nitrogens with zero attached hydrogens (tertiary/aromatic N) is 2. The average molecular weight is 293 g/mol. The Morgan fingerprint density at radius 1 is 1.50 bits per heavy atom. The van der Waals surface area contributed by atoms with Gasteiger partial charge in [0.25, 0.3) is 0 Å². The minimum atomic E-state index is -3.91. The van der Waals surface area contributed by atoms with Crippen LogP contribution >= 0.6 is 0 Å². The summed E-state index contributed by atoms with van der Waals surface area (Å²) in [5.41, 5.74) is -0.197. The molecular weight excluding hydrogens is 282 g/mol. The third-order valence-corrected chi connectivity index (χ3v) is 4.39. The first-order valence-corrected chi connectivity index (χ1v) is 7.21. The second-order valence-corrected chi connectivity index (χ2v) is 5.94. The van der Waals surface area contributed by atoms with E-state index in [-0.39, 0.29) is 17.0 Å². The van der Waals surface area contributed by atoms with Gasteiger partial charge in [0.1, 0.15) is 11.0 Å². The maximum Gasteiger partial charge on any atom is 0.310 e. The molecule has 2 rings (SSSR count). The summed E-state index contributed by atoms with van der Waals surface area (Å²) in [5.74, 6) is -1.70. The molecule has 2 N–H and O–H groups in total. The molecule has 0 aromatic carbocycles. The zero-order chi connectivity index (χ0) is 14.8. The van der Waals surface area contributed by atoms with Crippen molar-refractivity contribution in [2.75, 3.05) is 0 Å². The molecule has 0 spiro atoms. The molecule has 1 aromatic heterocycles. The fourth-order valence-corrected chi connectivity index (χ4v) is 3.23. The van der Waals surface area contributed by atoms with Gasteiger partial charge in [0.2, 0.25) is 10.0 Å². The molecule has 0 aliphatic heterocycles. The van der Waals surface area contributed by atoms with Crippen LogP contribution in [0.15, 0.2) is 35.4 Å². The Hall–Kier alpha value is -2.24. The highest BCUT2D eigenvalue weighted by molar-refractivity contribution is 7.89. The van der Waals surface area contributed by atoms with E-state index in [0.29, 0.717) is 0 Å². The van der Waals surface area contributed by atoms with Gasteiger partial charge in [-0.15, -0.1) is 0 Å². The van der Waals surface area contributed by atoms with Crippen molar-refractivity contribution >= 4 is 16.0 Å². The Bertz CT molecular complexity index is 706. The first-order chi connectivity index (χ1) is 9.44. The van der Waals surface area contributed by atoms with Gasteiger partial charge in [0.15, 0.2) is 5.69 Å². The van der Waals surface area contributed by atoms with Crippen molar-refractivity contribution in [3.8, 4) is 6.07 Å². The molecule has 0 saturated heterocycles. The summed E-state index contributed by atoms with van der Waals surface area (Å²) in [7, 11) is -3.91. The summed E-state index contributed by atoms with van der Waals surface area (Å²) < 4.78 is 26.7. The number of carbonyl (C=O) groups is 1. The zero-order valence-electron chi connectivity index (χ0n) is 10.2. The van der Waals surface area contributed by atoms with Crippen LogP contribution in [0, 0.1) is 17.2 Å². The van der Waals surface area contributed by atoms with Crippen LogP contribution in [0.2, 0.25) is 0 Å². The number of carboxylic acid groups (broad SMARTS) is 1. The number of nitrogens with one attached hydrogen (secondary N) is 1. The van der Waals surface area contributed by atoms with Gasteiger partial charge in [0, 0.05) is 12.2 Å². The number of nitriles is 1. The molecule has 2 atom stereocenters. The first-order valence-electron chi connectivity index (χ1n) is 5.72. The molecule has 1 aliphatic carbocycles. The fourth-order valence-electron chi connectivity index (χ4n) is 1.92. The van der Waals surface area contributed by atoms with Crippen molar-refractivity contribution in [3.63, 3.8) is 0 Å². The lowest BCUT2D eigenvalue weighted by atomic mass is 10.1. The summed E-state index contributed by atoms with van der Waals surface area (Å²) >= 11 is 0. The highest BCUT2D eigenvalue weighted by Crippen LogP contribution is 2.20. The SMILES string of the molecule is N#Cc1ncccc1S(=O)(=O)NC1C=CC(C(=O)O)C1. The van der Waals surface area contributed by atoms with E-state index in [2.05, 4.69) is 9.71 Å². The van der Waals surface area contributed by atoms with Crippen molar-refractivity contribution in [2.24, 2.45) is 5.92 Å². The molecule has 20 heavy (non-hydrogen) atoms. The van der Waals surface area contributed by atoms with Crippen LogP contribution in [-0.4, -0.2) is 30.5 Å². The first kappa shape index (κ1) is 14.2. The van der Waals surface area contributed by atoms with Gasteiger partial charge < -0.3 is 5.11 Å². The topological polar surface area (TPSA) is 120 Å². The Labute approximate surface area is 115 Å². The summed E-state index contributed by atoms with van der Waals surface area (Å²) in [6.07, 6.45) is 4.42. The number of pyridine rings is 1. The normalized spacial score (nSPS) is 21.6. The lowest BCUT2D eigenvalue weighted by molar-refractivity contribution is -0.140. The molecule has 0 radical (unpaired) electrons. The molecule has 104 valence electrons. The number of aromatic nitrogens is 1. The van der Waals surface area contributed by atoms with Crippen molar-refractivity contribution < 1.29 is 18.3 Å². The number of rotatable bonds is 4. The maximum absolute atomic E-state index is 12.2. The molecular formula is C12H11N3O4S. The minimum absolute atomic E-state index is 0.150. The summed E-state index contributed by atoms with van der Waals surface area (Å²) in [4.78, 5) is 14.3. The van der Waals surface area contributed by atoms with E-state index in [1.807, 2.05) is 0 Å². The van der Waals surface area contributed by atoms with Crippen LogP contribution in [0.4, 0.5) is 0 Å². The van der Waals surface area contributed by atoms with Gasteiger partial charge in [-0.3, -0.25) is 4.79 Å². The van der Waals surface area contributed by atoms with E-state index in [0.717, 1.165) is 0 Å². The fraction of sp³-hybridized carbons (Fsp3) is 0.250. The molecule has 0 fully saturated rings. The Morgan fingerprint density at radius 2 is 2.25 bits per heavy atom. The van der Waals surface area contributed by atoms with Gasteiger partial charge in [-0.05, 0) is 18.6 Å². The van der Waals surface area contributed by atoms with E-state index in [4.69, 9.17) is 10.4 Å². The van der Waals surface area contributed by atoms with Crippen LogP contribution in [0.3, 0.4) is 0 Å². The second kappa shape index (κ2) is 5.40. The predicted molar refractivity (Wildman–Crippen MR) is 67.9 cm³/mol. The maximum atomic E-state index is 12.2. The van der Waals surface area contributed by atoms with Crippen LogP contribution in [0.1, 0.15) is 12.1 Å². The van der Waals surface area contributed by atoms with E-state index in [9.17, 15) is 13.2 Å². The number of hydrogen-bond acceptors (Lipinski definition) is 5. The lowest BCUT2D eigenvalue weighted by Gasteiger charge is -2.13. The molecule has 1 aliphatic rings. The predicted octanol–water partition coefficient (Wildman–Crippen LogP) is 0.261. The average Bonchev–Trinajstić information content (AvgIpc) is 2.86. The number of hydrogen-bond donors (Lipinski definition) is 2. The number of sulfonamides is 1. The Morgan fingerprint density at radius 3 is 2.85 bits per heavy atom. The van der Waals surface area contributed by atoms with Crippen molar-refractivity contribution in [2.45, 2.75) is 17.4 Å². The highest BCUT2D eigenvalue weighted by Gasteiger charge is 2.29. The molecule has 8 heteroatoms. The summed E-state index contributed by atoms with van der Waals surface area (Å²) in [6, 6.07) is 3.80. The smallest absolute Gasteiger partial charge is 0.310 e. The monoisotopic (exact) mass is 293 g/mol. The third kappa shape index (κ3) is 2.84. The Kier molecular flexibility index (Phi) is 3.83. The molecule has 0 saturated carbocycles. The highest BCUT2D eigenvalue weighted by atomic mass is 32.2. The Balaban J connectivity index is 2.20. The van der Waals surface area contributed by atoms with E-state index < -0.39 is 28.0 Å². The van der Waals surface area contributed by atoms with Crippen LogP contribution < -0.4 is 4.72 Å². The molecule has 1 heterocycles. The van der Waals surface area contributed by atoms with E-state index in [1.165, 1.54) is 30.5 Å². The molecule has 2 unspecified atom stereocenters. The van der Waals surface area contributed by atoms with Gasteiger partial charge >= 0.3 is 5.97 Å². The van der Waals surface area contributed by atoms with E-state index >= 15 is 0 Å². The minimum Gasteiger partial charge on any atom is -0.481 e. The van der Waals surface area contributed by atoms with Gasteiger partial charge in [-0.1, -0.05) is 12.2 Å². The third-order valence-electron chi connectivity index (χ3n) is 2.87. The van der Waals surface area contributed by atoms with Crippen molar-refractivity contribution in [1.82, 2.24) is 9.71 Å². The van der Waals surface area contributed by atoms with Gasteiger partial charge in [0.05, 0.1) is 5.92 Å². The molecule has 7 nitrogen and oxygen atoms in total. The molecule has 0 bridgehead atoms.